The molecule has 0 aromatic rings. The van der Waals surface area contributed by atoms with E-state index in [2.05, 4.69) is 136 Å². The summed E-state index contributed by atoms with van der Waals surface area (Å²) in [7, 11) is 0. The molecule has 0 aromatic carbocycles. The Balaban J connectivity index is 4.37. The fourth-order valence-electron chi connectivity index (χ4n) is 8.05. The lowest BCUT2D eigenvalue weighted by atomic mass is 10.0. The molecule has 0 rings (SSSR count). The zero-order chi connectivity index (χ0) is 52.9. The van der Waals surface area contributed by atoms with Gasteiger partial charge in [0.05, 0.1) is 0 Å². The third-order valence-corrected chi connectivity index (χ3v) is 12.5. The number of rotatable bonds is 53. The Kier molecular flexibility index (Phi) is 56.9. The van der Waals surface area contributed by atoms with Crippen LogP contribution in [-0.4, -0.2) is 37.2 Å². The lowest BCUT2D eigenvalue weighted by Crippen LogP contribution is -2.30. The first-order chi connectivity index (χ1) is 36.0. The molecular weight excluding hydrogens is 901 g/mol. The summed E-state index contributed by atoms with van der Waals surface area (Å²) in [5, 5.41) is 0. The van der Waals surface area contributed by atoms with Crippen molar-refractivity contribution in [3.8, 4) is 0 Å². The molecule has 414 valence electrons. The van der Waals surface area contributed by atoms with Crippen LogP contribution in [0.3, 0.4) is 0 Å². The molecule has 1 atom stereocenters. The molecule has 6 nitrogen and oxygen atoms in total. The molecule has 0 radical (unpaired) electrons. The summed E-state index contributed by atoms with van der Waals surface area (Å²) in [6, 6.07) is 0. The van der Waals surface area contributed by atoms with Crippen LogP contribution in [0.25, 0.3) is 0 Å². The fraction of sp³-hybridized carbons (Fsp3) is 0.657. The van der Waals surface area contributed by atoms with E-state index in [0.717, 1.165) is 109 Å². The highest BCUT2D eigenvalue weighted by molar-refractivity contribution is 5.71. The third kappa shape index (κ3) is 58.6. The first kappa shape index (κ1) is 68.8. The topological polar surface area (TPSA) is 78.9 Å². The Morgan fingerprint density at radius 1 is 0.288 bits per heavy atom. The summed E-state index contributed by atoms with van der Waals surface area (Å²) in [5.41, 5.74) is 0. The van der Waals surface area contributed by atoms with Gasteiger partial charge in [-0.05, 0) is 96.3 Å². The van der Waals surface area contributed by atoms with E-state index in [9.17, 15) is 14.4 Å². The zero-order valence-corrected chi connectivity index (χ0v) is 47.4. The molecule has 0 aromatic heterocycles. The molecule has 0 fully saturated rings. The summed E-state index contributed by atoms with van der Waals surface area (Å²) in [6.07, 6.45) is 83.5. The predicted octanol–water partition coefficient (Wildman–Crippen LogP) is 20.4. The maximum absolute atomic E-state index is 12.9. The maximum Gasteiger partial charge on any atom is 0.306 e. The highest BCUT2D eigenvalue weighted by atomic mass is 16.6. The van der Waals surface area contributed by atoms with E-state index >= 15 is 0 Å². The minimum atomic E-state index is -0.812. The average Bonchev–Trinajstić information content (AvgIpc) is 3.39. The molecular formula is C67H110O6. The molecule has 0 saturated carbocycles. The van der Waals surface area contributed by atoms with Gasteiger partial charge in [-0.25, -0.2) is 0 Å². The van der Waals surface area contributed by atoms with Crippen molar-refractivity contribution in [2.75, 3.05) is 13.2 Å². The lowest BCUT2D eigenvalue weighted by molar-refractivity contribution is -0.166. The van der Waals surface area contributed by atoms with Crippen molar-refractivity contribution < 1.29 is 28.6 Å². The maximum atomic E-state index is 12.9. The van der Waals surface area contributed by atoms with E-state index in [0.29, 0.717) is 19.3 Å². The van der Waals surface area contributed by atoms with Crippen molar-refractivity contribution in [2.45, 2.75) is 271 Å². The van der Waals surface area contributed by atoms with Crippen molar-refractivity contribution in [2.24, 2.45) is 0 Å². The molecule has 0 aliphatic heterocycles. The van der Waals surface area contributed by atoms with Crippen LogP contribution in [0.2, 0.25) is 0 Å². The Hall–Kier alpha value is -4.19. The summed E-state index contributed by atoms with van der Waals surface area (Å²) in [4.78, 5) is 38.1. The van der Waals surface area contributed by atoms with Gasteiger partial charge in [-0.3, -0.25) is 14.4 Å². The summed E-state index contributed by atoms with van der Waals surface area (Å²) >= 11 is 0. The van der Waals surface area contributed by atoms with Gasteiger partial charge in [0.1, 0.15) is 13.2 Å². The van der Waals surface area contributed by atoms with Gasteiger partial charge in [-0.15, -0.1) is 0 Å². The molecule has 0 spiro atoms. The van der Waals surface area contributed by atoms with Crippen LogP contribution in [0.4, 0.5) is 0 Å². The van der Waals surface area contributed by atoms with Crippen LogP contribution >= 0.6 is 0 Å². The highest BCUT2D eigenvalue weighted by Crippen LogP contribution is 2.15. The largest absolute Gasteiger partial charge is 0.462 e. The quantitative estimate of drug-likeness (QED) is 0.0261. The lowest BCUT2D eigenvalue weighted by Gasteiger charge is -2.18. The predicted molar refractivity (Wildman–Crippen MR) is 316 cm³/mol. The second-order valence-corrected chi connectivity index (χ2v) is 19.5. The minimum Gasteiger partial charge on any atom is -0.462 e. The number of allylic oxidation sites excluding steroid dienone is 20. The average molecular weight is 1010 g/mol. The fourth-order valence-corrected chi connectivity index (χ4v) is 8.05. The van der Waals surface area contributed by atoms with Gasteiger partial charge >= 0.3 is 17.9 Å². The van der Waals surface area contributed by atoms with Crippen molar-refractivity contribution in [3.05, 3.63) is 122 Å². The van der Waals surface area contributed by atoms with Crippen LogP contribution in [-0.2, 0) is 28.6 Å². The summed E-state index contributed by atoms with van der Waals surface area (Å²) in [5.74, 6) is -0.994. The SMILES string of the molecule is CC/C=C\C/C=C\C/C=C\C/C=C\C/C=C\C/C=C\CCCCCCCCCCC(=O)OCC(COC(=O)CC/C=C\C/C=C\C/C=C\C/C=C\CC)OC(=O)CCCCCCCCCCCCCCCCC. The van der Waals surface area contributed by atoms with E-state index in [4.69, 9.17) is 14.2 Å². The molecule has 0 heterocycles. The standard InChI is InChI=1S/C67H110O6/c1-4-7-10-13-16-19-22-25-27-28-29-30-31-32-33-34-35-36-37-38-40-42-45-48-51-54-57-60-66(69)72-63-64(62-71-65(68)59-56-53-50-47-44-41-24-21-18-15-12-9-6-3)73-67(70)61-58-55-52-49-46-43-39-26-23-20-17-14-11-8-5-2/h7,9-10,12,16,18-19,21,25,27,29-30,32-33,35-36,41,44,50,53,64H,4-6,8,11,13-15,17,20,22-24,26,28,31,34,37-40,42-43,45-49,51-52,54-63H2,1-3H3/b10-7-,12-9-,19-16-,21-18-,27-25-,30-29-,33-32-,36-35-,44-41-,53-50-. The van der Waals surface area contributed by atoms with E-state index in [1.807, 2.05) is 6.08 Å². The first-order valence-corrected chi connectivity index (χ1v) is 30.0. The van der Waals surface area contributed by atoms with Gasteiger partial charge in [0.2, 0.25) is 0 Å². The second kappa shape index (κ2) is 60.4. The number of carbonyl (C=O) groups is 3. The van der Waals surface area contributed by atoms with Crippen LogP contribution in [0.5, 0.6) is 0 Å². The van der Waals surface area contributed by atoms with E-state index in [1.54, 1.807) is 0 Å². The number of hydrogen-bond acceptors (Lipinski definition) is 6. The van der Waals surface area contributed by atoms with E-state index in [1.165, 1.54) is 109 Å². The summed E-state index contributed by atoms with van der Waals surface area (Å²) < 4.78 is 16.8. The first-order valence-electron chi connectivity index (χ1n) is 30.0. The highest BCUT2D eigenvalue weighted by Gasteiger charge is 2.19. The monoisotopic (exact) mass is 1010 g/mol. The Morgan fingerprint density at radius 2 is 0.562 bits per heavy atom. The van der Waals surface area contributed by atoms with Gasteiger partial charge < -0.3 is 14.2 Å². The molecule has 0 N–H and O–H groups in total. The number of ether oxygens (including phenoxy) is 3. The molecule has 0 bridgehead atoms. The second-order valence-electron chi connectivity index (χ2n) is 19.5. The van der Waals surface area contributed by atoms with E-state index < -0.39 is 6.10 Å². The molecule has 0 aliphatic rings. The zero-order valence-electron chi connectivity index (χ0n) is 47.4. The Morgan fingerprint density at radius 3 is 0.918 bits per heavy atom. The van der Waals surface area contributed by atoms with Crippen LogP contribution < -0.4 is 0 Å². The van der Waals surface area contributed by atoms with Crippen LogP contribution in [0, 0.1) is 0 Å². The number of esters is 3. The Labute approximate surface area is 450 Å². The van der Waals surface area contributed by atoms with Crippen LogP contribution in [0.15, 0.2) is 122 Å². The van der Waals surface area contributed by atoms with Gasteiger partial charge in [0, 0.05) is 19.3 Å². The van der Waals surface area contributed by atoms with Crippen molar-refractivity contribution in [3.63, 3.8) is 0 Å². The summed E-state index contributed by atoms with van der Waals surface area (Å²) in [6.45, 7) is 6.35. The molecule has 0 aliphatic carbocycles. The molecule has 1 unspecified atom stereocenters. The smallest absolute Gasteiger partial charge is 0.306 e. The van der Waals surface area contributed by atoms with Crippen molar-refractivity contribution in [1.82, 2.24) is 0 Å². The minimum absolute atomic E-state index is 0.105. The molecule has 0 saturated heterocycles. The number of carbonyl (C=O) groups excluding carboxylic acids is 3. The molecule has 73 heavy (non-hydrogen) atoms. The van der Waals surface area contributed by atoms with Gasteiger partial charge in [0.25, 0.3) is 0 Å². The Bertz CT molecular complexity index is 1540. The van der Waals surface area contributed by atoms with Gasteiger partial charge in [-0.1, -0.05) is 271 Å². The normalized spacial score (nSPS) is 13.0. The number of unbranched alkanes of at least 4 members (excludes halogenated alkanes) is 22. The molecule has 6 heteroatoms. The van der Waals surface area contributed by atoms with Crippen molar-refractivity contribution >= 4 is 17.9 Å². The third-order valence-electron chi connectivity index (χ3n) is 12.5. The van der Waals surface area contributed by atoms with E-state index in [-0.39, 0.29) is 37.5 Å². The van der Waals surface area contributed by atoms with Crippen molar-refractivity contribution in [1.29, 1.82) is 0 Å². The van der Waals surface area contributed by atoms with Crippen LogP contribution in [0.1, 0.15) is 265 Å². The van der Waals surface area contributed by atoms with Gasteiger partial charge in [0.15, 0.2) is 6.10 Å². The number of hydrogen-bond donors (Lipinski definition) is 0. The molecule has 0 amide bonds. The van der Waals surface area contributed by atoms with Gasteiger partial charge in [-0.2, -0.15) is 0 Å².